The SMILES string of the molecule is Cc1ccc(CN2CCC(Nc3cccc4cnccc34)C2)cc1OCC(=O)O. The summed E-state index contributed by atoms with van der Waals surface area (Å²) in [5.74, 6) is -0.324. The third-order valence-electron chi connectivity index (χ3n) is 5.32. The van der Waals surface area contributed by atoms with Gasteiger partial charge in [0.2, 0.25) is 0 Å². The van der Waals surface area contributed by atoms with Crippen LogP contribution in [0.2, 0.25) is 0 Å². The molecule has 2 N–H and O–H groups in total. The first-order valence-electron chi connectivity index (χ1n) is 9.84. The van der Waals surface area contributed by atoms with Gasteiger partial charge in [-0.2, -0.15) is 0 Å². The predicted octanol–water partition coefficient (Wildman–Crippen LogP) is 3.69. The number of nitrogens with zero attached hydrogens (tertiary/aromatic N) is 2. The van der Waals surface area contributed by atoms with Gasteiger partial charge in [-0.15, -0.1) is 0 Å². The molecule has 0 bridgehead atoms. The number of carboxylic acid groups (broad SMARTS) is 1. The van der Waals surface area contributed by atoms with Crippen molar-refractivity contribution >= 4 is 22.4 Å². The molecule has 2 aromatic carbocycles. The van der Waals surface area contributed by atoms with Crippen LogP contribution in [0.25, 0.3) is 10.8 Å². The Balaban J connectivity index is 1.39. The molecular weight excluding hydrogens is 366 g/mol. The van der Waals surface area contributed by atoms with E-state index in [2.05, 4.69) is 45.5 Å². The largest absolute Gasteiger partial charge is 0.482 e. The zero-order valence-electron chi connectivity index (χ0n) is 16.5. The predicted molar refractivity (Wildman–Crippen MR) is 113 cm³/mol. The van der Waals surface area contributed by atoms with Crippen molar-refractivity contribution in [1.82, 2.24) is 9.88 Å². The second-order valence-corrected chi connectivity index (χ2v) is 7.55. The minimum atomic E-state index is -0.965. The standard InChI is InChI=1S/C23H25N3O3/c1-16-5-6-17(11-22(16)29-15-23(27)28)13-26-10-8-19(14-26)25-21-4-2-3-18-12-24-9-7-20(18)21/h2-7,9,11-12,19,25H,8,10,13-15H2,1H3,(H,27,28). The zero-order chi connectivity index (χ0) is 20.2. The van der Waals surface area contributed by atoms with Crippen LogP contribution in [0.5, 0.6) is 5.75 Å². The third-order valence-corrected chi connectivity index (χ3v) is 5.32. The van der Waals surface area contributed by atoms with Crippen molar-refractivity contribution in [3.63, 3.8) is 0 Å². The van der Waals surface area contributed by atoms with Crippen molar-refractivity contribution in [1.29, 1.82) is 0 Å². The summed E-state index contributed by atoms with van der Waals surface area (Å²) in [6.45, 7) is 4.40. The summed E-state index contributed by atoms with van der Waals surface area (Å²) in [6.07, 6.45) is 4.80. The van der Waals surface area contributed by atoms with E-state index < -0.39 is 5.97 Å². The summed E-state index contributed by atoms with van der Waals surface area (Å²) < 4.78 is 5.41. The number of carbonyl (C=O) groups is 1. The molecule has 3 aromatic rings. The van der Waals surface area contributed by atoms with E-state index in [1.165, 1.54) is 5.39 Å². The molecule has 4 rings (SSSR count). The Labute approximate surface area is 170 Å². The van der Waals surface area contributed by atoms with Gasteiger partial charge in [0, 0.05) is 54.5 Å². The molecule has 1 aliphatic heterocycles. The molecule has 1 saturated heterocycles. The van der Waals surface area contributed by atoms with E-state index in [0.717, 1.165) is 48.3 Å². The van der Waals surface area contributed by atoms with Gasteiger partial charge in [0.05, 0.1) is 0 Å². The lowest BCUT2D eigenvalue weighted by Crippen LogP contribution is -2.26. The van der Waals surface area contributed by atoms with E-state index in [0.29, 0.717) is 11.8 Å². The number of aromatic nitrogens is 1. The molecule has 0 amide bonds. The Kier molecular flexibility index (Phi) is 5.62. The van der Waals surface area contributed by atoms with Gasteiger partial charge in [-0.05, 0) is 42.7 Å². The van der Waals surface area contributed by atoms with Crippen LogP contribution < -0.4 is 10.1 Å². The molecule has 1 fully saturated rings. The highest BCUT2D eigenvalue weighted by atomic mass is 16.5. The first-order chi connectivity index (χ1) is 14.1. The van der Waals surface area contributed by atoms with Crippen molar-refractivity contribution in [2.24, 2.45) is 0 Å². The van der Waals surface area contributed by atoms with E-state index in [1.54, 1.807) is 0 Å². The number of likely N-dealkylation sites (tertiary alicyclic amines) is 1. The van der Waals surface area contributed by atoms with Crippen molar-refractivity contribution in [3.05, 3.63) is 66.0 Å². The van der Waals surface area contributed by atoms with Gasteiger partial charge in [0.25, 0.3) is 0 Å². The van der Waals surface area contributed by atoms with Crippen LogP contribution in [0.1, 0.15) is 17.5 Å². The summed E-state index contributed by atoms with van der Waals surface area (Å²) in [6, 6.07) is 14.7. The highest BCUT2D eigenvalue weighted by Gasteiger charge is 2.23. The Hall–Kier alpha value is -3.12. The number of fused-ring (bicyclic) bond motifs is 1. The van der Waals surface area contributed by atoms with Crippen molar-refractivity contribution in [3.8, 4) is 5.75 Å². The highest BCUT2D eigenvalue weighted by Crippen LogP contribution is 2.26. The number of pyridine rings is 1. The number of nitrogens with one attached hydrogen (secondary N) is 1. The highest BCUT2D eigenvalue weighted by molar-refractivity contribution is 5.93. The topological polar surface area (TPSA) is 74.7 Å². The van der Waals surface area contributed by atoms with Crippen LogP contribution in [0, 0.1) is 6.92 Å². The smallest absolute Gasteiger partial charge is 0.341 e. The van der Waals surface area contributed by atoms with E-state index in [-0.39, 0.29) is 6.61 Å². The maximum Gasteiger partial charge on any atom is 0.341 e. The quantitative estimate of drug-likeness (QED) is 0.640. The Morgan fingerprint density at radius 3 is 3.07 bits per heavy atom. The normalized spacial score (nSPS) is 16.8. The second-order valence-electron chi connectivity index (χ2n) is 7.55. The molecule has 6 heteroatoms. The first-order valence-corrected chi connectivity index (χ1v) is 9.84. The second kappa shape index (κ2) is 8.49. The van der Waals surface area contributed by atoms with Gasteiger partial charge in [-0.1, -0.05) is 24.3 Å². The zero-order valence-corrected chi connectivity index (χ0v) is 16.5. The summed E-state index contributed by atoms with van der Waals surface area (Å²) in [5.41, 5.74) is 3.23. The number of rotatable bonds is 7. The minimum absolute atomic E-state index is 0.319. The number of carboxylic acids is 1. The van der Waals surface area contributed by atoms with E-state index in [9.17, 15) is 4.79 Å². The minimum Gasteiger partial charge on any atom is -0.482 e. The van der Waals surface area contributed by atoms with Crippen molar-refractivity contribution < 1.29 is 14.6 Å². The number of hydrogen-bond acceptors (Lipinski definition) is 5. The van der Waals surface area contributed by atoms with Crippen LogP contribution in [-0.4, -0.2) is 46.7 Å². The van der Waals surface area contributed by atoms with E-state index in [1.807, 2.05) is 31.5 Å². The van der Waals surface area contributed by atoms with Crippen LogP contribution >= 0.6 is 0 Å². The number of benzene rings is 2. The van der Waals surface area contributed by atoms with Gasteiger partial charge >= 0.3 is 5.97 Å². The van der Waals surface area contributed by atoms with Crippen LogP contribution in [0.3, 0.4) is 0 Å². The molecule has 2 heterocycles. The average Bonchev–Trinajstić information content (AvgIpc) is 3.15. The third kappa shape index (κ3) is 4.66. The summed E-state index contributed by atoms with van der Waals surface area (Å²) in [5, 5.41) is 14.9. The van der Waals surface area contributed by atoms with Crippen molar-refractivity contribution in [2.45, 2.75) is 25.9 Å². The lowest BCUT2D eigenvalue weighted by Gasteiger charge is -2.19. The molecular formula is C23H25N3O3. The monoisotopic (exact) mass is 391 g/mol. The fourth-order valence-electron chi connectivity index (χ4n) is 3.86. The number of anilines is 1. The maximum atomic E-state index is 10.8. The molecule has 1 aromatic heterocycles. The Bertz CT molecular complexity index is 1020. The summed E-state index contributed by atoms with van der Waals surface area (Å²) in [4.78, 5) is 17.4. The number of aryl methyl sites for hydroxylation is 1. The molecule has 150 valence electrons. The van der Waals surface area contributed by atoms with Crippen LogP contribution in [0.4, 0.5) is 5.69 Å². The fraction of sp³-hybridized carbons (Fsp3) is 0.304. The van der Waals surface area contributed by atoms with Gasteiger partial charge in [0.15, 0.2) is 6.61 Å². The van der Waals surface area contributed by atoms with Gasteiger partial charge in [0.1, 0.15) is 5.75 Å². The average molecular weight is 391 g/mol. The van der Waals surface area contributed by atoms with Gasteiger partial charge < -0.3 is 15.2 Å². The number of ether oxygens (including phenoxy) is 1. The molecule has 29 heavy (non-hydrogen) atoms. The Morgan fingerprint density at radius 1 is 1.31 bits per heavy atom. The summed E-state index contributed by atoms with van der Waals surface area (Å²) in [7, 11) is 0. The van der Waals surface area contributed by atoms with Gasteiger partial charge in [-0.25, -0.2) is 4.79 Å². The molecule has 1 unspecified atom stereocenters. The molecule has 6 nitrogen and oxygen atoms in total. The van der Waals surface area contributed by atoms with Crippen LogP contribution in [0.15, 0.2) is 54.9 Å². The molecule has 0 spiro atoms. The Morgan fingerprint density at radius 2 is 2.21 bits per heavy atom. The lowest BCUT2D eigenvalue weighted by molar-refractivity contribution is -0.139. The molecule has 0 saturated carbocycles. The molecule has 1 atom stereocenters. The van der Waals surface area contributed by atoms with E-state index in [4.69, 9.17) is 9.84 Å². The molecule has 0 aliphatic carbocycles. The number of hydrogen-bond donors (Lipinski definition) is 2. The number of aliphatic carboxylic acids is 1. The van der Waals surface area contributed by atoms with E-state index >= 15 is 0 Å². The maximum absolute atomic E-state index is 10.8. The van der Waals surface area contributed by atoms with Crippen molar-refractivity contribution in [2.75, 3.05) is 25.0 Å². The first kappa shape index (κ1) is 19.2. The molecule has 0 radical (unpaired) electrons. The summed E-state index contributed by atoms with van der Waals surface area (Å²) >= 11 is 0. The fourth-order valence-corrected chi connectivity index (χ4v) is 3.86. The molecule has 1 aliphatic rings. The van der Waals surface area contributed by atoms with Crippen LogP contribution in [-0.2, 0) is 11.3 Å². The lowest BCUT2D eigenvalue weighted by atomic mass is 10.1. The van der Waals surface area contributed by atoms with Gasteiger partial charge in [-0.3, -0.25) is 9.88 Å².